The van der Waals surface area contributed by atoms with Crippen molar-refractivity contribution in [1.29, 1.82) is 0 Å². The molecule has 4 rings (SSSR count). The number of amides is 2. The maximum Gasteiger partial charge on any atom is 0.410 e. The smallest absolute Gasteiger partial charge is 0.410 e. The molecule has 0 saturated carbocycles. The van der Waals surface area contributed by atoms with Crippen molar-refractivity contribution >= 4 is 61.6 Å². The molecule has 0 spiro atoms. The maximum absolute atomic E-state index is 13.4. The van der Waals surface area contributed by atoms with E-state index >= 15 is 0 Å². The lowest BCUT2D eigenvalue weighted by Gasteiger charge is -2.26. The molecule has 206 valence electrons. The van der Waals surface area contributed by atoms with Crippen LogP contribution in [0.4, 0.5) is 15.5 Å². The van der Waals surface area contributed by atoms with Crippen LogP contribution in [-0.2, 0) is 32.5 Å². The Bertz CT molecular complexity index is 1500. The van der Waals surface area contributed by atoms with E-state index in [1.807, 2.05) is 0 Å². The topological polar surface area (TPSA) is 131 Å². The van der Waals surface area contributed by atoms with E-state index in [0.29, 0.717) is 23.6 Å². The first-order valence-corrected chi connectivity index (χ1v) is 14.7. The number of carbonyl (C=O) groups is 3. The number of benzene rings is 2. The summed E-state index contributed by atoms with van der Waals surface area (Å²) in [5, 5.41) is 3.40. The monoisotopic (exact) mass is 591 g/mol. The Hall–Kier alpha value is -3.61. The van der Waals surface area contributed by atoms with E-state index in [2.05, 4.69) is 10.0 Å². The van der Waals surface area contributed by atoms with Gasteiger partial charge in [0, 0.05) is 16.4 Å². The molecule has 10 nitrogen and oxygen atoms in total. The average molecular weight is 592 g/mol. The molecule has 0 radical (unpaired) electrons. The van der Waals surface area contributed by atoms with Crippen LogP contribution in [0.15, 0.2) is 53.4 Å². The van der Waals surface area contributed by atoms with E-state index in [0.717, 1.165) is 16.2 Å². The van der Waals surface area contributed by atoms with Crippen LogP contribution in [0.5, 0.6) is 0 Å². The van der Waals surface area contributed by atoms with Crippen LogP contribution in [0.2, 0.25) is 5.02 Å². The van der Waals surface area contributed by atoms with Gasteiger partial charge in [-0.15, -0.1) is 11.3 Å². The normalized spacial score (nSPS) is 12.8. The number of sulfonamides is 1. The summed E-state index contributed by atoms with van der Waals surface area (Å²) in [7, 11) is -4.02. The highest BCUT2D eigenvalue weighted by Gasteiger charge is 2.32. The van der Waals surface area contributed by atoms with Gasteiger partial charge in [0.05, 0.1) is 41.5 Å². The van der Waals surface area contributed by atoms with Crippen LogP contribution in [-0.4, -0.2) is 51.0 Å². The van der Waals surface area contributed by atoms with Gasteiger partial charge in [0.1, 0.15) is 5.00 Å². The second-order valence-corrected chi connectivity index (χ2v) is 11.6. The summed E-state index contributed by atoms with van der Waals surface area (Å²) in [6.07, 6.45) is -0.0756. The molecule has 0 saturated heterocycles. The second kappa shape index (κ2) is 12.1. The fourth-order valence-corrected chi connectivity index (χ4v) is 6.49. The number of thiophene rings is 1. The van der Waals surface area contributed by atoms with Crippen molar-refractivity contribution in [3.63, 3.8) is 0 Å². The van der Waals surface area contributed by atoms with Gasteiger partial charge in [-0.25, -0.2) is 18.0 Å². The van der Waals surface area contributed by atoms with Crippen LogP contribution in [0, 0.1) is 0 Å². The third-order valence-corrected chi connectivity index (χ3v) is 8.60. The largest absolute Gasteiger partial charge is 0.462 e. The molecule has 1 aliphatic heterocycles. The van der Waals surface area contributed by atoms with Crippen LogP contribution >= 0.6 is 22.9 Å². The molecule has 1 aliphatic rings. The van der Waals surface area contributed by atoms with Crippen LogP contribution in [0.25, 0.3) is 0 Å². The summed E-state index contributed by atoms with van der Waals surface area (Å²) in [6.45, 7) is 4.35. The van der Waals surface area contributed by atoms with Crippen molar-refractivity contribution in [2.24, 2.45) is 0 Å². The quantitative estimate of drug-likeness (QED) is 0.346. The number of rotatable bonds is 8. The Morgan fingerprint density at radius 2 is 1.72 bits per heavy atom. The van der Waals surface area contributed by atoms with E-state index < -0.39 is 28.0 Å². The highest BCUT2D eigenvalue weighted by molar-refractivity contribution is 7.92. The van der Waals surface area contributed by atoms with Crippen LogP contribution < -0.4 is 10.0 Å². The predicted molar refractivity (Wildman–Crippen MR) is 148 cm³/mol. The summed E-state index contributed by atoms with van der Waals surface area (Å²) in [5.74, 6) is -1.22. The SMILES string of the molecule is CCOC(=O)c1c(NC(=O)c2ccccc2NS(=O)(=O)c2ccc(Cl)cc2)sc2c1CCN(C(=O)OCC)C2. The first kappa shape index (κ1) is 28.4. The number of hydrogen-bond donors (Lipinski definition) is 2. The van der Waals surface area contributed by atoms with Gasteiger partial charge in [0.15, 0.2) is 0 Å². The Morgan fingerprint density at radius 1 is 1.03 bits per heavy atom. The third kappa shape index (κ3) is 6.35. The Labute approximate surface area is 234 Å². The van der Waals surface area contributed by atoms with Crippen molar-refractivity contribution in [3.05, 3.63) is 75.1 Å². The van der Waals surface area contributed by atoms with Crippen LogP contribution in [0.3, 0.4) is 0 Å². The number of ether oxygens (including phenoxy) is 2. The lowest BCUT2D eigenvalue weighted by atomic mass is 10.0. The first-order chi connectivity index (χ1) is 18.6. The molecule has 0 fully saturated rings. The van der Waals surface area contributed by atoms with E-state index in [1.54, 1.807) is 26.0 Å². The Balaban J connectivity index is 1.63. The van der Waals surface area contributed by atoms with Crippen molar-refractivity contribution in [3.8, 4) is 0 Å². The highest BCUT2D eigenvalue weighted by atomic mass is 35.5. The molecule has 2 amide bonds. The fraction of sp³-hybridized carbons (Fsp3) is 0.269. The van der Waals surface area contributed by atoms with Gasteiger partial charge in [0.2, 0.25) is 0 Å². The summed E-state index contributed by atoms with van der Waals surface area (Å²) >= 11 is 7.03. The summed E-state index contributed by atoms with van der Waals surface area (Å²) in [6, 6.07) is 11.7. The minimum absolute atomic E-state index is 0.0243. The molecule has 0 aliphatic carbocycles. The molecule has 0 unspecified atom stereocenters. The van der Waals surface area contributed by atoms with Crippen molar-refractivity contribution in [2.45, 2.75) is 31.7 Å². The average Bonchev–Trinajstić information content (AvgIpc) is 3.26. The van der Waals surface area contributed by atoms with E-state index in [9.17, 15) is 22.8 Å². The van der Waals surface area contributed by atoms with Crippen molar-refractivity contribution in [1.82, 2.24) is 4.90 Å². The van der Waals surface area contributed by atoms with Gasteiger partial charge in [-0.3, -0.25) is 9.52 Å². The van der Waals surface area contributed by atoms with Gasteiger partial charge < -0.3 is 19.7 Å². The molecule has 2 N–H and O–H groups in total. The number of para-hydroxylation sites is 1. The molecule has 1 aromatic heterocycles. The maximum atomic E-state index is 13.4. The lowest BCUT2D eigenvalue weighted by molar-refractivity contribution is 0.0526. The number of nitrogens with zero attached hydrogens (tertiary/aromatic N) is 1. The molecule has 39 heavy (non-hydrogen) atoms. The number of carbonyl (C=O) groups excluding carboxylic acids is 3. The number of anilines is 2. The third-order valence-electron chi connectivity index (χ3n) is 5.83. The zero-order valence-electron chi connectivity index (χ0n) is 21.2. The lowest BCUT2D eigenvalue weighted by Crippen LogP contribution is -2.36. The minimum atomic E-state index is -4.02. The van der Waals surface area contributed by atoms with Gasteiger partial charge in [-0.1, -0.05) is 23.7 Å². The number of halogens is 1. The van der Waals surface area contributed by atoms with Crippen molar-refractivity contribution < 1.29 is 32.3 Å². The zero-order chi connectivity index (χ0) is 28.2. The molecular weight excluding hydrogens is 566 g/mol. The molecule has 0 bridgehead atoms. The molecule has 13 heteroatoms. The summed E-state index contributed by atoms with van der Waals surface area (Å²) in [5.41, 5.74) is 1.03. The molecule has 3 aromatic rings. The zero-order valence-corrected chi connectivity index (χ0v) is 23.5. The fourth-order valence-electron chi connectivity index (χ4n) is 4.04. The molecule has 2 heterocycles. The van der Waals surface area contributed by atoms with E-state index in [4.69, 9.17) is 21.1 Å². The van der Waals surface area contributed by atoms with E-state index in [-0.39, 0.29) is 46.5 Å². The van der Waals surface area contributed by atoms with Gasteiger partial charge in [0.25, 0.3) is 15.9 Å². The summed E-state index contributed by atoms with van der Waals surface area (Å²) in [4.78, 5) is 40.8. The van der Waals surface area contributed by atoms with Gasteiger partial charge >= 0.3 is 12.1 Å². The predicted octanol–water partition coefficient (Wildman–Crippen LogP) is 5.15. The number of nitrogens with one attached hydrogen (secondary N) is 2. The molecule has 0 atom stereocenters. The Morgan fingerprint density at radius 3 is 2.41 bits per heavy atom. The molecular formula is C26H26ClN3O7S2. The number of fused-ring (bicyclic) bond motifs is 1. The highest BCUT2D eigenvalue weighted by Crippen LogP contribution is 2.38. The van der Waals surface area contributed by atoms with E-state index in [1.165, 1.54) is 41.3 Å². The van der Waals surface area contributed by atoms with Crippen LogP contribution in [0.1, 0.15) is 45.0 Å². The van der Waals surface area contributed by atoms with Gasteiger partial charge in [-0.05, 0) is 62.2 Å². The van der Waals surface area contributed by atoms with Crippen molar-refractivity contribution in [2.75, 3.05) is 29.8 Å². The summed E-state index contributed by atoms with van der Waals surface area (Å²) < 4.78 is 38.7. The minimum Gasteiger partial charge on any atom is -0.462 e. The number of hydrogen-bond acceptors (Lipinski definition) is 8. The standard InChI is InChI=1S/C26H26ClN3O7S2/c1-3-36-25(32)22-19-13-14-30(26(33)37-4-2)15-21(19)38-24(22)28-23(31)18-7-5-6-8-20(18)29-39(34,35)17-11-9-16(27)10-12-17/h5-12,29H,3-4,13-15H2,1-2H3,(H,28,31). The van der Waals surface area contributed by atoms with Gasteiger partial charge in [-0.2, -0.15) is 0 Å². The Kier molecular flexibility index (Phi) is 8.78. The second-order valence-electron chi connectivity index (χ2n) is 8.36. The first-order valence-electron chi connectivity index (χ1n) is 12.1. The number of esters is 1. The molecule has 2 aromatic carbocycles.